The van der Waals surface area contributed by atoms with Crippen molar-refractivity contribution in [3.63, 3.8) is 0 Å². The van der Waals surface area contributed by atoms with Crippen LogP contribution in [0.15, 0.2) is 30.3 Å². The summed E-state index contributed by atoms with van der Waals surface area (Å²) in [5.41, 5.74) is 4.98. The summed E-state index contributed by atoms with van der Waals surface area (Å²) in [4.78, 5) is 12.0. The van der Waals surface area contributed by atoms with Gasteiger partial charge in [0, 0.05) is 11.3 Å². The lowest BCUT2D eigenvalue weighted by Gasteiger charge is -2.11. The average Bonchev–Trinajstić information content (AvgIpc) is 2.88. The Morgan fingerprint density at radius 2 is 2.09 bits per heavy atom. The standard InChI is InChI=1S/C19H22N2O2/c1-12-16-15(11-14-17(16)19(14,2)3)21(20-12)9-10-23-18(22)13-7-5-4-6-8-13/h4-8,14,17H,9-11H2,1-3H3. The van der Waals surface area contributed by atoms with Crippen LogP contribution in [0.1, 0.15) is 47.1 Å². The first kappa shape index (κ1) is 14.5. The van der Waals surface area contributed by atoms with Gasteiger partial charge >= 0.3 is 5.97 Å². The van der Waals surface area contributed by atoms with Crippen LogP contribution in [0.4, 0.5) is 0 Å². The fraction of sp³-hybridized carbons (Fsp3) is 0.474. The van der Waals surface area contributed by atoms with Gasteiger partial charge in [-0.05, 0) is 42.7 Å². The maximum absolute atomic E-state index is 12.0. The third kappa shape index (κ3) is 2.19. The summed E-state index contributed by atoms with van der Waals surface area (Å²) in [6, 6.07) is 9.11. The number of carbonyl (C=O) groups excluding carboxylic acids is 1. The molecule has 2 aliphatic rings. The van der Waals surface area contributed by atoms with Crippen LogP contribution in [0.25, 0.3) is 0 Å². The van der Waals surface area contributed by atoms with Crippen molar-refractivity contribution in [2.75, 3.05) is 6.61 Å². The average molecular weight is 310 g/mol. The Hall–Kier alpha value is -2.10. The molecule has 2 unspecified atom stereocenters. The molecule has 0 bridgehead atoms. The molecular weight excluding hydrogens is 288 g/mol. The number of hydrogen-bond acceptors (Lipinski definition) is 3. The highest BCUT2D eigenvalue weighted by atomic mass is 16.5. The number of aryl methyl sites for hydroxylation is 1. The molecule has 1 fully saturated rings. The van der Waals surface area contributed by atoms with E-state index in [0.717, 1.165) is 18.0 Å². The lowest BCUT2D eigenvalue weighted by molar-refractivity contribution is 0.0486. The SMILES string of the molecule is Cc1nn(CCOC(=O)c2ccccc2)c2c1C1C(C2)C1(C)C. The first-order chi connectivity index (χ1) is 11.0. The van der Waals surface area contributed by atoms with Gasteiger partial charge in [0.1, 0.15) is 6.61 Å². The largest absolute Gasteiger partial charge is 0.460 e. The van der Waals surface area contributed by atoms with Crippen molar-refractivity contribution in [3.8, 4) is 0 Å². The predicted molar refractivity (Wildman–Crippen MR) is 87.4 cm³/mol. The highest BCUT2D eigenvalue weighted by Gasteiger charge is 2.63. The molecule has 0 amide bonds. The molecule has 2 atom stereocenters. The summed E-state index contributed by atoms with van der Waals surface area (Å²) < 4.78 is 7.43. The lowest BCUT2D eigenvalue weighted by Crippen LogP contribution is -2.15. The summed E-state index contributed by atoms with van der Waals surface area (Å²) in [7, 11) is 0. The van der Waals surface area contributed by atoms with Gasteiger partial charge in [-0.3, -0.25) is 4.68 Å². The van der Waals surface area contributed by atoms with Crippen molar-refractivity contribution in [2.24, 2.45) is 11.3 Å². The van der Waals surface area contributed by atoms with Gasteiger partial charge in [0.25, 0.3) is 0 Å². The van der Waals surface area contributed by atoms with E-state index in [4.69, 9.17) is 4.74 Å². The fourth-order valence-electron chi connectivity index (χ4n) is 4.24. The van der Waals surface area contributed by atoms with E-state index in [9.17, 15) is 4.79 Å². The third-order valence-electron chi connectivity index (χ3n) is 5.60. The number of esters is 1. The van der Waals surface area contributed by atoms with Crippen LogP contribution in [0, 0.1) is 18.3 Å². The normalized spacial score (nSPS) is 23.3. The van der Waals surface area contributed by atoms with E-state index in [1.165, 1.54) is 11.3 Å². The second-order valence-electron chi connectivity index (χ2n) is 7.28. The molecule has 2 aliphatic carbocycles. The Bertz CT molecular complexity index is 761. The van der Waals surface area contributed by atoms with Crippen molar-refractivity contribution in [2.45, 2.75) is 39.7 Å². The van der Waals surface area contributed by atoms with E-state index in [-0.39, 0.29) is 5.97 Å². The van der Waals surface area contributed by atoms with Crippen molar-refractivity contribution < 1.29 is 9.53 Å². The van der Waals surface area contributed by atoms with Crippen LogP contribution in [0.2, 0.25) is 0 Å². The van der Waals surface area contributed by atoms with Crippen LogP contribution >= 0.6 is 0 Å². The van der Waals surface area contributed by atoms with Gasteiger partial charge in [0.15, 0.2) is 0 Å². The number of nitrogens with zero attached hydrogens (tertiary/aromatic N) is 2. The smallest absolute Gasteiger partial charge is 0.338 e. The molecule has 23 heavy (non-hydrogen) atoms. The minimum Gasteiger partial charge on any atom is -0.460 e. The summed E-state index contributed by atoms with van der Waals surface area (Å²) in [5.74, 6) is 1.18. The first-order valence-electron chi connectivity index (χ1n) is 8.28. The topological polar surface area (TPSA) is 44.1 Å². The fourth-order valence-corrected chi connectivity index (χ4v) is 4.24. The van der Waals surface area contributed by atoms with E-state index in [2.05, 4.69) is 25.9 Å². The summed E-state index contributed by atoms with van der Waals surface area (Å²) in [6.45, 7) is 7.80. The number of fused-ring (bicyclic) bond motifs is 3. The van der Waals surface area contributed by atoms with Crippen LogP contribution < -0.4 is 0 Å². The molecule has 1 saturated carbocycles. The van der Waals surface area contributed by atoms with Crippen molar-refractivity contribution >= 4 is 5.97 Å². The zero-order valence-electron chi connectivity index (χ0n) is 13.9. The number of carbonyl (C=O) groups is 1. The second kappa shape index (κ2) is 4.95. The molecule has 1 aromatic heterocycles. The third-order valence-corrected chi connectivity index (χ3v) is 5.60. The van der Waals surface area contributed by atoms with Crippen LogP contribution in [-0.4, -0.2) is 22.4 Å². The molecule has 0 radical (unpaired) electrons. The Morgan fingerprint density at radius 1 is 1.35 bits per heavy atom. The van der Waals surface area contributed by atoms with Gasteiger partial charge in [-0.2, -0.15) is 5.10 Å². The number of rotatable bonds is 4. The van der Waals surface area contributed by atoms with Gasteiger partial charge in [0.05, 0.1) is 17.8 Å². The molecule has 0 saturated heterocycles. The number of benzene rings is 1. The minimum atomic E-state index is -0.268. The molecule has 2 aromatic rings. The van der Waals surface area contributed by atoms with E-state index >= 15 is 0 Å². The Balaban J connectivity index is 1.41. The van der Waals surface area contributed by atoms with E-state index < -0.39 is 0 Å². The van der Waals surface area contributed by atoms with E-state index in [1.54, 1.807) is 12.1 Å². The van der Waals surface area contributed by atoms with Crippen molar-refractivity contribution in [1.29, 1.82) is 0 Å². The molecule has 4 heteroatoms. The second-order valence-corrected chi connectivity index (χ2v) is 7.28. The highest BCUT2D eigenvalue weighted by molar-refractivity contribution is 5.89. The van der Waals surface area contributed by atoms with Gasteiger partial charge < -0.3 is 4.74 Å². The first-order valence-corrected chi connectivity index (χ1v) is 8.28. The van der Waals surface area contributed by atoms with Crippen molar-refractivity contribution in [1.82, 2.24) is 9.78 Å². The van der Waals surface area contributed by atoms with Gasteiger partial charge in [-0.25, -0.2) is 4.79 Å². The zero-order valence-corrected chi connectivity index (χ0v) is 13.9. The Morgan fingerprint density at radius 3 is 2.83 bits per heavy atom. The van der Waals surface area contributed by atoms with E-state index in [0.29, 0.717) is 30.0 Å². The lowest BCUT2D eigenvalue weighted by atomic mass is 9.98. The van der Waals surface area contributed by atoms with Gasteiger partial charge in [-0.1, -0.05) is 32.0 Å². The van der Waals surface area contributed by atoms with Crippen LogP contribution in [-0.2, 0) is 17.7 Å². The molecule has 0 N–H and O–H groups in total. The molecule has 4 rings (SSSR count). The summed E-state index contributed by atoms with van der Waals surface area (Å²) in [5, 5.41) is 4.67. The minimum absolute atomic E-state index is 0.268. The number of hydrogen-bond donors (Lipinski definition) is 0. The maximum atomic E-state index is 12.0. The molecular formula is C19H22N2O2. The van der Waals surface area contributed by atoms with Gasteiger partial charge in [0.2, 0.25) is 0 Å². The highest BCUT2D eigenvalue weighted by Crippen LogP contribution is 2.70. The van der Waals surface area contributed by atoms with E-state index in [1.807, 2.05) is 22.9 Å². The molecule has 0 aliphatic heterocycles. The molecule has 120 valence electrons. The molecule has 1 heterocycles. The molecule has 1 aromatic carbocycles. The monoisotopic (exact) mass is 310 g/mol. The maximum Gasteiger partial charge on any atom is 0.338 e. The quantitative estimate of drug-likeness (QED) is 0.814. The molecule has 0 spiro atoms. The number of aromatic nitrogens is 2. The number of ether oxygens (including phenoxy) is 1. The predicted octanol–water partition coefficient (Wildman–Crippen LogP) is 3.34. The molecule has 4 nitrogen and oxygen atoms in total. The van der Waals surface area contributed by atoms with Gasteiger partial charge in [-0.15, -0.1) is 0 Å². The Labute approximate surface area is 136 Å². The summed E-state index contributed by atoms with van der Waals surface area (Å²) in [6.07, 6.45) is 1.11. The zero-order chi connectivity index (χ0) is 16.2. The van der Waals surface area contributed by atoms with Crippen molar-refractivity contribution in [3.05, 3.63) is 52.8 Å². The van der Waals surface area contributed by atoms with Crippen LogP contribution in [0.5, 0.6) is 0 Å². The summed E-state index contributed by atoms with van der Waals surface area (Å²) >= 11 is 0. The Kier molecular flexibility index (Phi) is 3.12. The van der Waals surface area contributed by atoms with Crippen LogP contribution in [0.3, 0.4) is 0 Å².